The van der Waals surface area contributed by atoms with Gasteiger partial charge in [-0.2, -0.15) is 74.6 Å². The lowest BCUT2D eigenvalue weighted by Crippen LogP contribution is -2.74. The summed E-state index contributed by atoms with van der Waals surface area (Å²) in [5.41, 5.74) is 0.917. The van der Waals surface area contributed by atoms with Crippen LogP contribution in [-0.4, -0.2) is 93.5 Å². The largest absolute Gasteiger partial charge is 0.497 e. The predicted molar refractivity (Wildman–Crippen MR) is 216 cm³/mol. The van der Waals surface area contributed by atoms with Gasteiger partial charge in [0.15, 0.2) is 8.32 Å². The summed E-state index contributed by atoms with van der Waals surface area (Å²) in [6.45, 7) is 7.61. The number of methoxy groups -OCH3 is 1. The van der Waals surface area contributed by atoms with E-state index in [9.17, 15) is 75.4 Å². The van der Waals surface area contributed by atoms with Crippen molar-refractivity contribution in [2.24, 2.45) is 5.92 Å². The van der Waals surface area contributed by atoms with Crippen molar-refractivity contribution in [3.8, 4) is 11.5 Å². The molecular weight excluding hydrogens is 996 g/mol. The maximum absolute atomic E-state index is 15.0. The van der Waals surface area contributed by atoms with E-state index in [0.29, 0.717) is 22.6 Å². The fourth-order valence-electron chi connectivity index (χ4n) is 6.83. The van der Waals surface area contributed by atoms with Gasteiger partial charge in [-0.1, -0.05) is 58.9 Å². The Kier molecular flexibility index (Phi) is 19.7. The van der Waals surface area contributed by atoms with E-state index < -0.39 is 117 Å². The van der Waals surface area contributed by atoms with Gasteiger partial charge in [-0.3, -0.25) is 15.3 Å². The summed E-state index contributed by atoms with van der Waals surface area (Å²) in [5.74, 6) is -57.5. The first-order valence-electron chi connectivity index (χ1n) is 20.3. The number of carbonyl (C=O) groups is 2. The fourth-order valence-corrected chi connectivity index (χ4v) is 11.3. The lowest BCUT2D eigenvalue weighted by molar-refractivity contribution is -0.461. The van der Waals surface area contributed by atoms with Gasteiger partial charge in [0.05, 0.1) is 13.7 Å². The first-order chi connectivity index (χ1) is 31.3. The van der Waals surface area contributed by atoms with Crippen LogP contribution in [0.15, 0.2) is 72.3 Å². The molecule has 0 fully saturated rings. The highest BCUT2D eigenvalue weighted by molar-refractivity contribution is 6.76. The Morgan fingerprint density at radius 2 is 1.16 bits per heavy atom. The topological polar surface area (TPSA) is 115 Å². The number of allylic oxidation sites excluding steroid dienone is 3. The summed E-state index contributed by atoms with van der Waals surface area (Å²) in [5, 5.41) is 11.3. The third-order valence-electron chi connectivity index (χ3n) is 10.9. The zero-order chi connectivity index (χ0) is 53.4. The Balaban J connectivity index is 2.31. The molecule has 0 spiro atoms. The van der Waals surface area contributed by atoms with E-state index >= 15 is 8.78 Å². The zero-order valence-corrected chi connectivity index (χ0v) is 38.5. The molecule has 0 aliphatic rings. The van der Waals surface area contributed by atoms with E-state index in [1.807, 2.05) is 0 Å². The molecule has 3 N–H and O–H groups in total. The highest BCUT2D eigenvalue weighted by atomic mass is 28.4. The first kappa shape index (κ1) is 60.3. The van der Waals surface area contributed by atoms with Crippen LogP contribution in [-0.2, 0) is 14.0 Å². The minimum absolute atomic E-state index is 0.116. The highest BCUT2D eigenvalue weighted by Gasteiger charge is 2.95. The standard InChI is InChI=1S/C42H49F17N2O7Si/c1-24(2)69(25(3)4,22-19-35(43,44)36(45,46)37(47,48)38(49,50)39(51,52)40(53,54)41(55,56)42(57,58)59)67-21-20-66-31-15-11-28(12-16-31)33(27(6)10-8-9-26(5)23-32(62)61-64)68-34(63)60-29-13-17-30(65-7)18-14-29/h8-9,11-18,23-25,27,33,64H,10,19-22H2,1-7H3,(H,60,63)(H,61,62)/b9-8+,26-23+/t27-,33-/m0/s1. The van der Waals surface area contributed by atoms with Gasteiger partial charge in [0.1, 0.15) is 24.2 Å². The van der Waals surface area contributed by atoms with E-state index in [4.69, 9.17) is 23.8 Å². The maximum atomic E-state index is 15.0. The second kappa shape index (κ2) is 22.5. The van der Waals surface area contributed by atoms with Gasteiger partial charge in [0, 0.05) is 24.1 Å². The number of hydrogen-bond acceptors (Lipinski definition) is 7. The number of rotatable bonds is 25. The minimum Gasteiger partial charge on any atom is -0.497 e. The molecule has 392 valence electrons. The van der Waals surface area contributed by atoms with Crippen molar-refractivity contribution >= 4 is 26.0 Å². The molecule has 0 aliphatic carbocycles. The van der Waals surface area contributed by atoms with Gasteiger partial charge in [-0.25, -0.2) is 10.3 Å². The molecule has 0 aliphatic heterocycles. The molecule has 2 aromatic carbocycles. The molecule has 0 radical (unpaired) electrons. The smallest absolute Gasteiger partial charge is 0.460 e. The van der Waals surface area contributed by atoms with Gasteiger partial charge in [-0.15, -0.1) is 0 Å². The van der Waals surface area contributed by atoms with Crippen LogP contribution in [0.25, 0.3) is 0 Å². The SMILES string of the molecule is COc1ccc(NC(=O)O[C@H](c2ccc(OCCO[Si](CCC(F)(F)C(F)(F)C(F)(F)C(F)(F)C(F)(F)C(F)(F)C(F)(F)C(F)(F)F)(C(C)C)C(C)C)cc2)[C@@H](C)C/C=C/C(C)=C/C(=O)NO)cc1. The number of hydroxylamine groups is 1. The van der Waals surface area contributed by atoms with E-state index in [0.717, 1.165) is 6.08 Å². The number of nitrogens with one attached hydrogen (secondary N) is 2. The molecule has 0 saturated heterocycles. The van der Waals surface area contributed by atoms with Gasteiger partial charge in [0.2, 0.25) is 0 Å². The molecule has 9 nitrogen and oxygen atoms in total. The third kappa shape index (κ3) is 13.0. The summed E-state index contributed by atoms with van der Waals surface area (Å²) in [4.78, 5) is 24.5. The average Bonchev–Trinajstić information content (AvgIpc) is 3.24. The van der Waals surface area contributed by atoms with Crippen molar-refractivity contribution in [2.75, 3.05) is 25.6 Å². The van der Waals surface area contributed by atoms with Crippen LogP contribution < -0.4 is 20.3 Å². The number of alkyl halides is 17. The summed E-state index contributed by atoms with van der Waals surface area (Å²) in [7, 11) is -2.58. The Bertz CT molecular complexity index is 2060. The lowest BCUT2D eigenvalue weighted by Gasteiger charge is -2.44. The van der Waals surface area contributed by atoms with Crippen LogP contribution in [0.5, 0.6) is 11.5 Å². The van der Waals surface area contributed by atoms with Crippen molar-refractivity contribution in [1.29, 1.82) is 0 Å². The molecule has 2 amide bonds. The zero-order valence-electron chi connectivity index (χ0n) is 37.5. The first-order valence-corrected chi connectivity index (χ1v) is 22.6. The number of amides is 2. The van der Waals surface area contributed by atoms with Gasteiger partial charge < -0.3 is 18.6 Å². The fraction of sp³-hybridized carbons (Fsp3) is 0.571. The van der Waals surface area contributed by atoms with Crippen LogP contribution in [0.4, 0.5) is 85.1 Å². The number of halogens is 17. The summed E-state index contributed by atoms with van der Waals surface area (Å²) in [6.07, 6.45) is -7.56. The lowest BCUT2D eigenvalue weighted by atomic mass is 9.88. The summed E-state index contributed by atoms with van der Waals surface area (Å²) in [6, 6.07) is 10.8. The monoisotopic (exact) mass is 1040 g/mol. The van der Waals surface area contributed by atoms with Crippen molar-refractivity contribution in [3.63, 3.8) is 0 Å². The van der Waals surface area contributed by atoms with Crippen molar-refractivity contribution in [1.82, 2.24) is 5.48 Å². The molecule has 27 heteroatoms. The van der Waals surface area contributed by atoms with E-state index in [-0.39, 0.29) is 12.2 Å². The Morgan fingerprint density at radius 3 is 1.62 bits per heavy atom. The van der Waals surface area contributed by atoms with Crippen LogP contribution in [0.3, 0.4) is 0 Å². The van der Waals surface area contributed by atoms with Crippen molar-refractivity contribution < 1.29 is 108 Å². The maximum Gasteiger partial charge on any atom is 0.460 e. The number of hydrogen-bond donors (Lipinski definition) is 3. The molecule has 0 aromatic heterocycles. The van der Waals surface area contributed by atoms with Gasteiger partial charge in [0.25, 0.3) is 5.91 Å². The predicted octanol–water partition coefficient (Wildman–Crippen LogP) is 13.6. The Morgan fingerprint density at radius 1 is 0.681 bits per heavy atom. The van der Waals surface area contributed by atoms with Gasteiger partial charge >= 0.3 is 53.7 Å². The Hall–Kier alpha value is -4.79. The third-order valence-corrected chi connectivity index (χ3v) is 16.6. The van der Waals surface area contributed by atoms with Crippen LogP contribution in [0, 0.1) is 5.92 Å². The van der Waals surface area contributed by atoms with Gasteiger partial charge in [-0.05, 0) is 78.0 Å². The van der Waals surface area contributed by atoms with Crippen LogP contribution >= 0.6 is 0 Å². The number of ether oxygens (including phenoxy) is 3. The molecule has 2 rings (SSSR count). The number of carbonyl (C=O) groups excluding carboxylic acids is 2. The quantitative estimate of drug-likeness (QED) is 0.0173. The van der Waals surface area contributed by atoms with Crippen LogP contribution in [0.1, 0.15) is 66.1 Å². The summed E-state index contributed by atoms with van der Waals surface area (Å²) < 4.78 is 259. The number of anilines is 1. The van der Waals surface area contributed by atoms with E-state index in [2.05, 4.69) is 5.32 Å². The molecule has 2 atom stereocenters. The second-order valence-corrected chi connectivity index (χ2v) is 21.3. The molecule has 0 bridgehead atoms. The highest BCUT2D eigenvalue weighted by Crippen LogP contribution is 2.64. The normalized spacial score (nSPS) is 15.1. The average molecular weight is 1040 g/mol. The molecule has 0 heterocycles. The summed E-state index contributed by atoms with van der Waals surface area (Å²) >= 11 is 0. The number of benzene rings is 2. The molecule has 69 heavy (non-hydrogen) atoms. The van der Waals surface area contributed by atoms with E-state index in [1.165, 1.54) is 64.6 Å². The second-order valence-electron chi connectivity index (χ2n) is 16.3. The molecule has 2 aromatic rings. The minimum atomic E-state index is -8.71. The van der Waals surface area contributed by atoms with E-state index in [1.54, 1.807) is 50.3 Å². The van der Waals surface area contributed by atoms with Crippen LogP contribution in [0.2, 0.25) is 17.1 Å². The molecule has 0 unspecified atom stereocenters. The van der Waals surface area contributed by atoms with Crippen molar-refractivity contribution in [2.45, 2.75) is 125 Å². The van der Waals surface area contributed by atoms with Crippen molar-refractivity contribution in [3.05, 3.63) is 77.9 Å². The molecule has 0 saturated carbocycles. The molecular formula is C42H49F17N2O7Si. The Labute approximate surface area is 385 Å².